The topological polar surface area (TPSA) is 18.5 Å². The van der Waals surface area contributed by atoms with Crippen LogP contribution in [0.4, 0.5) is 0 Å². The zero-order valence-electron chi connectivity index (χ0n) is 11.4. The van der Waals surface area contributed by atoms with Gasteiger partial charge in [-0.05, 0) is 30.7 Å². The lowest BCUT2D eigenvalue weighted by Gasteiger charge is -2.13. The average Bonchev–Trinajstić information content (AvgIpc) is 2.42. The third-order valence-corrected chi connectivity index (χ3v) is 3.48. The van der Waals surface area contributed by atoms with Crippen molar-refractivity contribution in [1.29, 1.82) is 0 Å². The fourth-order valence-electron chi connectivity index (χ4n) is 2.02. The SMILES string of the molecule is CC(C)OCCOc1ccc2ccccc2c1CBr. The van der Waals surface area contributed by atoms with Crippen molar-refractivity contribution in [1.82, 2.24) is 0 Å². The molecular formula is C16H19BrO2. The second kappa shape index (κ2) is 6.92. The molecule has 3 heteroatoms. The maximum atomic E-state index is 5.83. The average molecular weight is 323 g/mol. The quantitative estimate of drug-likeness (QED) is 0.574. The largest absolute Gasteiger partial charge is 0.491 e. The van der Waals surface area contributed by atoms with Gasteiger partial charge >= 0.3 is 0 Å². The first-order chi connectivity index (χ1) is 9.22. The molecule has 0 amide bonds. The predicted molar refractivity (Wildman–Crippen MR) is 83.2 cm³/mol. The van der Waals surface area contributed by atoms with Gasteiger partial charge in [-0.3, -0.25) is 0 Å². The van der Waals surface area contributed by atoms with Gasteiger partial charge in [0, 0.05) is 10.9 Å². The number of ether oxygens (including phenoxy) is 2. The Morgan fingerprint density at radius 3 is 2.58 bits per heavy atom. The van der Waals surface area contributed by atoms with E-state index in [9.17, 15) is 0 Å². The van der Waals surface area contributed by atoms with Crippen molar-refractivity contribution in [2.45, 2.75) is 25.3 Å². The molecule has 0 aliphatic carbocycles. The van der Waals surface area contributed by atoms with Crippen LogP contribution in [0.25, 0.3) is 10.8 Å². The highest BCUT2D eigenvalue weighted by molar-refractivity contribution is 9.08. The van der Waals surface area contributed by atoms with Crippen molar-refractivity contribution in [2.24, 2.45) is 0 Å². The van der Waals surface area contributed by atoms with E-state index in [0.29, 0.717) is 13.2 Å². The van der Waals surface area contributed by atoms with Gasteiger partial charge < -0.3 is 9.47 Å². The van der Waals surface area contributed by atoms with Crippen molar-refractivity contribution < 1.29 is 9.47 Å². The van der Waals surface area contributed by atoms with E-state index in [4.69, 9.17) is 9.47 Å². The minimum atomic E-state index is 0.246. The van der Waals surface area contributed by atoms with Crippen molar-refractivity contribution in [3.63, 3.8) is 0 Å². The lowest BCUT2D eigenvalue weighted by Crippen LogP contribution is -2.11. The molecule has 2 aromatic carbocycles. The van der Waals surface area contributed by atoms with Gasteiger partial charge in [-0.2, -0.15) is 0 Å². The molecule has 0 bridgehead atoms. The molecule has 0 spiro atoms. The highest BCUT2D eigenvalue weighted by Gasteiger charge is 2.07. The molecule has 0 heterocycles. The molecule has 102 valence electrons. The molecule has 0 saturated heterocycles. The van der Waals surface area contributed by atoms with Crippen LogP contribution in [0.3, 0.4) is 0 Å². The number of alkyl halides is 1. The lowest BCUT2D eigenvalue weighted by molar-refractivity contribution is 0.0551. The molecule has 0 aliphatic heterocycles. The summed E-state index contributed by atoms with van der Waals surface area (Å²) < 4.78 is 11.3. The molecule has 0 atom stereocenters. The molecule has 2 aromatic rings. The van der Waals surface area contributed by atoms with Crippen LogP contribution in [-0.4, -0.2) is 19.3 Å². The van der Waals surface area contributed by atoms with Crippen LogP contribution in [0.15, 0.2) is 36.4 Å². The van der Waals surface area contributed by atoms with Crippen molar-refractivity contribution in [3.05, 3.63) is 42.0 Å². The second-order valence-electron chi connectivity index (χ2n) is 4.67. The molecule has 0 N–H and O–H groups in total. The second-order valence-corrected chi connectivity index (χ2v) is 5.23. The van der Waals surface area contributed by atoms with Crippen LogP contribution in [0.5, 0.6) is 5.75 Å². The zero-order chi connectivity index (χ0) is 13.7. The van der Waals surface area contributed by atoms with Crippen LogP contribution >= 0.6 is 15.9 Å². The first-order valence-corrected chi connectivity index (χ1v) is 7.65. The van der Waals surface area contributed by atoms with Crippen LogP contribution in [0, 0.1) is 0 Å². The third-order valence-electron chi connectivity index (χ3n) is 2.92. The summed E-state index contributed by atoms with van der Waals surface area (Å²) in [6, 6.07) is 12.5. The number of hydrogen-bond acceptors (Lipinski definition) is 2. The van der Waals surface area contributed by atoms with E-state index < -0.39 is 0 Å². The van der Waals surface area contributed by atoms with E-state index in [-0.39, 0.29) is 6.10 Å². The van der Waals surface area contributed by atoms with Crippen LogP contribution in [0.2, 0.25) is 0 Å². The zero-order valence-corrected chi connectivity index (χ0v) is 12.9. The van der Waals surface area contributed by atoms with E-state index in [1.165, 1.54) is 16.3 Å². The molecule has 2 nitrogen and oxygen atoms in total. The van der Waals surface area contributed by atoms with Crippen molar-refractivity contribution in [3.8, 4) is 5.75 Å². The smallest absolute Gasteiger partial charge is 0.124 e. The maximum Gasteiger partial charge on any atom is 0.124 e. The molecule has 0 radical (unpaired) electrons. The first kappa shape index (κ1) is 14.4. The Kier molecular flexibility index (Phi) is 5.23. The maximum absolute atomic E-state index is 5.83. The summed E-state index contributed by atoms with van der Waals surface area (Å²) in [5.74, 6) is 0.933. The van der Waals surface area contributed by atoms with E-state index in [1.54, 1.807) is 0 Å². The summed E-state index contributed by atoms with van der Waals surface area (Å²) in [6.45, 7) is 5.25. The molecule has 0 fully saturated rings. The van der Waals surface area contributed by atoms with E-state index >= 15 is 0 Å². The normalized spacial score (nSPS) is 11.2. The summed E-state index contributed by atoms with van der Waals surface area (Å²) >= 11 is 3.55. The Hall–Kier alpha value is -1.06. The monoisotopic (exact) mass is 322 g/mol. The minimum Gasteiger partial charge on any atom is -0.491 e. The minimum absolute atomic E-state index is 0.246. The van der Waals surface area contributed by atoms with Crippen LogP contribution < -0.4 is 4.74 Å². The van der Waals surface area contributed by atoms with Gasteiger partial charge in [0.15, 0.2) is 0 Å². The Balaban J connectivity index is 2.14. The van der Waals surface area contributed by atoms with Gasteiger partial charge in [0.2, 0.25) is 0 Å². The first-order valence-electron chi connectivity index (χ1n) is 6.53. The number of halogens is 1. The molecule has 0 aliphatic rings. The Bertz CT molecular complexity index is 537. The number of fused-ring (bicyclic) bond motifs is 1. The number of benzene rings is 2. The third kappa shape index (κ3) is 3.71. The van der Waals surface area contributed by atoms with E-state index in [0.717, 1.165) is 11.1 Å². The van der Waals surface area contributed by atoms with Gasteiger partial charge in [0.25, 0.3) is 0 Å². The Labute approximate surface area is 122 Å². The van der Waals surface area contributed by atoms with Gasteiger partial charge in [0.05, 0.1) is 12.7 Å². The van der Waals surface area contributed by atoms with Crippen LogP contribution in [-0.2, 0) is 10.1 Å². The summed E-state index contributed by atoms with van der Waals surface area (Å²) in [7, 11) is 0. The number of rotatable bonds is 6. The summed E-state index contributed by atoms with van der Waals surface area (Å²) in [5.41, 5.74) is 1.20. The van der Waals surface area contributed by atoms with Crippen molar-refractivity contribution >= 4 is 26.7 Å². The van der Waals surface area contributed by atoms with Gasteiger partial charge in [-0.15, -0.1) is 0 Å². The van der Waals surface area contributed by atoms with Crippen LogP contribution in [0.1, 0.15) is 19.4 Å². The summed E-state index contributed by atoms with van der Waals surface area (Å²) in [6.07, 6.45) is 0.246. The molecule has 0 unspecified atom stereocenters. The summed E-state index contributed by atoms with van der Waals surface area (Å²) in [5, 5.41) is 3.26. The van der Waals surface area contributed by atoms with Gasteiger partial charge in [0.1, 0.15) is 12.4 Å². The predicted octanol–water partition coefficient (Wildman–Crippen LogP) is 4.54. The van der Waals surface area contributed by atoms with Gasteiger partial charge in [-0.1, -0.05) is 46.3 Å². The van der Waals surface area contributed by atoms with E-state index in [2.05, 4.69) is 46.3 Å². The molecule has 2 rings (SSSR count). The highest BCUT2D eigenvalue weighted by atomic mass is 79.9. The van der Waals surface area contributed by atoms with Crippen molar-refractivity contribution in [2.75, 3.05) is 13.2 Å². The molecular weight excluding hydrogens is 304 g/mol. The van der Waals surface area contributed by atoms with E-state index in [1.807, 2.05) is 19.9 Å². The highest BCUT2D eigenvalue weighted by Crippen LogP contribution is 2.29. The standard InChI is InChI=1S/C16H19BrO2/c1-12(2)18-9-10-19-16-8-7-13-5-3-4-6-14(13)15(16)11-17/h3-8,12H,9-11H2,1-2H3. The lowest BCUT2D eigenvalue weighted by atomic mass is 10.0. The fraction of sp³-hybridized carbons (Fsp3) is 0.375. The van der Waals surface area contributed by atoms with Gasteiger partial charge in [-0.25, -0.2) is 0 Å². The molecule has 0 aromatic heterocycles. The Morgan fingerprint density at radius 1 is 1.05 bits per heavy atom. The summed E-state index contributed by atoms with van der Waals surface area (Å²) in [4.78, 5) is 0. The molecule has 19 heavy (non-hydrogen) atoms. The number of hydrogen-bond donors (Lipinski definition) is 0. The molecule has 0 saturated carbocycles. The fourth-order valence-corrected chi connectivity index (χ4v) is 2.60. The Morgan fingerprint density at radius 2 is 1.84 bits per heavy atom.